The van der Waals surface area contributed by atoms with Gasteiger partial charge in [-0.2, -0.15) is 8.78 Å². The van der Waals surface area contributed by atoms with Crippen molar-refractivity contribution in [2.24, 2.45) is 0 Å². The molecule has 1 fully saturated rings. The van der Waals surface area contributed by atoms with E-state index in [1.807, 2.05) is 10.3 Å². The van der Waals surface area contributed by atoms with E-state index in [0.29, 0.717) is 56.5 Å². The van der Waals surface area contributed by atoms with Crippen LogP contribution in [0, 0.1) is 0 Å². The zero-order valence-corrected chi connectivity index (χ0v) is 17.0. The Labute approximate surface area is 176 Å². The van der Waals surface area contributed by atoms with Gasteiger partial charge in [0, 0.05) is 49.5 Å². The van der Waals surface area contributed by atoms with Crippen LogP contribution in [0.1, 0.15) is 28.4 Å². The topological polar surface area (TPSA) is 63.5 Å². The molecule has 158 valence electrons. The van der Waals surface area contributed by atoms with Crippen molar-refractivity contribution in [3.8, 4) is 5.75 Å². The molecule has 30 heavy (non-hydrogen) atoms. The Bertz CT molecular complexity index is 954. The first-order chi connectivity index (χ1) is 14.6. The van der Waals surface area contributed by atoms with E-state index in [4.69, 9.17) is 4.74 Å². The number of rotatable bonds is 7. The fraction of sp³-hybridized carbons (Fsp3) is 0.350. The van der Waals surface area contributed by atoms with E-state index in [1.54, 1.807) is 34.7 Å². The summed E-state index contributed by atoms with van der Waals surface area (Å²) in [5, 5.41) is 1.93. The summed E-state index contributed by atoms with van der Waals surface area (Å²) in [5.74, 6) is 0.965. The second kappa shape index (κ2) is 9.31. The number of hydrogen-bond donors (Lipinski definition) is 0. The highest BCUT2D eigenvalue weighted by molar-refractivity contribution is 7.07. The Balaban J connectivity index is 1.28. The number of halogens is 2. The monoisotopic (exact) mass is 433 g/mol. The van der Waals surface area contributed by atoms with Gasteiger partial charge in [0.2, 0.25) is 0 Å². The smallest absolute Gasteiger partial charge is 0.319 e. The molecule has 1 aromatic carbocycles. The van der Waals surface area contributed by atoms with Crippen molar-refractivity contribution >= 4 is 17.2 Å². The van der Waals surface area contributed by atoms with Crippen LogP contribution in [0.15, 0.2) is 47.5 Å². The lowest BCUT2D eigenvalue weighted by molar-refractivity contribution is 0.0555. The molecule has 0 N–H and O–H groups in total. The minimum absolute atomic E-state index is 0.0465. The highest BCUT2D eigenvalue weighted by Gasteiger charge is 2.23. The summed E-state index contributed by atoms with van der Waals surface area (Å²) in [6.45, 7) is 0.422. The van der Waals surface area contributed by atoms with Crippen LogP contribution in [-0.4, -0.2) is 56.4 Å². The summed E-state index contributed by atoms with van der Waals surface area (Å²) in [6, 6.07) is 7.06. The number of piperazine rings is 1. The number of ether oxygens (including phenoxy) is 1. The molecule has 7 nitrogen and oxygen atoms in total. The van der Waals surface area contributed by atoms with Crippen LogP contribution in [0.25, 0.3) is 0 Å². The van der Waals surface area contributed by atoms with E-state index in [1.165, 1.54) is 23.7 Å². The first-order valence-electron chi connectivity index (χ1n) is 9.51. The molecule has 0 radical (unpaired) electrons. The summed E-state index contributed by atoms with van der Waals surface area (Å²) in [5.41, 5.74) is 3.22. The van der Waals surface area contributed by atoms with Gasteiger partial charge >= 0.3 is 6.55 Å². The molecule has 4 rings (SSSR count). The lowest BCUT2D eigenvalue weighted by Crippen LogP contribution is -2.48. The minimum atomic E-state index is -2.60. The molecule has 2 aromatic heterocycles. The molecule has 0 unspecified atom stereocenters. The van der Waals surface area contributed by atoms with Crippen LogP contribution < -0.4 is 4.74 Å². The minimum Gasteiger partial charge on any atom is -0.487 e. The molecule has 1 amide bonds. The third-order valence-corrected chi connectivity index (χ3v) is 5.59. The number of aromatic nitrogens is 3. The van der Waals surface area contributed by atoms with E-state index < -0.39 is 6.55 Å². The zero-order valence-electron chi connectivity index (χ0n) is 16.2. The molecule has 0 bridgehead atoms. The number of alkyl halides is 2. The largest absolute Gasteiger partial charge is 0.487 e. The Morgan fingerprint density at radius 2 is 1.90 bits per heavy atom. The molecular weight excluding hydrogens is 412 g/mol. The molecule has 3 heterocycles. The maximum Gasteiger partial charge on any atom is 0.319 e. The quantitative estimate of drug-likeness (QED) is 0.572. The first-order valence-corrected chi connectivity index (χ1v) is 10.5. The predicted octanol–water partition coefficient (Wildman–Crippen LogP) is 3.27. The molecular formula is C20H21F2N5O2S. The van der Waals surface area contributed by atoms with Crippen LogP contribution >= 0.6 is 11.3 Å². The predicted molar refractivity (Wildman–Crippen MR) is 108 cm³/mol. The Morgan fingerprint density at radius 3 is 2.57 bits per heavy atom. The Morgan fingerprint density at radius 1 is 1.13 bits per heavy atom. The molecule has 0 atom stereocenters. The number of thiazole rings is 1. The van der Waals surface area contributed by atoms with Gasteiger partial charge in [0.15, 0.2) is 0 Å². The van der Waals surface area contributed by atoms with Crippen LogP contribution in [-0.2, 0) is 13.2 Å². The number of nitrogens with zero attached hydrogens (tertiary/aromatic N) is 5. The van der Waals surface area contributed by atoms with Gasteiger partial charge in [-0.15, -0.1) is 11.3 Å². The average Bonchev–Trinajstić information content (AvgIpc) is 3.45. The molecule has 1 aliphatic heterocycles. The van der Waals surface area contributed by atoms with Gasteiger partial charge in [-0.25, -0.2) is 9.97 Å². The van der Waals surface area contributed by atoms with Gasteiger partial charge in [0.25, 0.3) is 5.91 Å². The zero-order chi connectivity index (χ0) is 20.9. The van der Waals surface area contributed by atoms with Gasteiger partial charge in [-0.3, -0.25) is 14.3 Å². The van der Waals surface area contributed by atoms with Gasteiger partial charge in [0.1, 0.15) is 18.2 Å². The second-order valence-electron chi connectivity index (χ2n) is 6.89. The summed E-state index contributed by atoms with van der Waals surface area (Å²) >= 11 is 1.52. The van der Waals surface area contributed by atoms with Gasteiger partial charge in [0.05, 0.1) is 17.7 Å². The highest BCUT2D eigenvalue weighted by atomic mass is 32.1. The van der Waals surface area contributed by atoms with Crippen molar-refractivity contribution in [1.29, 1.82) is 0 Å². The molecule has 1 saturated heterocycles. The van der Waals surface area contributed by atoms with Crippen LogP contribution in [0.5, 0.6) is 5.75 Å². The van der Waals surface area contributed by atoms with Crippen molar-refractivity contribution in [1.82, 2.24) is 24.3 Å². The second-order valence-corrected chi connectivity index (χ2v) is 7.61. The van der Waals surface area contributed by atoms with E-state index in [9.17, 15) is 13.6 Å². The lowest BCUT2D eigenvalue weighted by atomic mass is 10.1. The number of carbonyl (C=O) groups excluding carboxylic acids is 1. The summed E-state index contributed by atoms with van der Waals surface area (Å²) < 4.78 is 32.5. The highest BCUT2D eigenvalue weighted by Crippen LogP contribution is 2.18. The third-order valence-electron chi connectivity index (χ3n) is 4.96. The summed E-state index contributed by atoms with van der Waals surface area (Å²) in [4.78, 5) is 24.8. The van der Waals surface area contributed by atoms with Crippen LogP contribution in [0.4, 0.5) is 8.78 Å². The van der Waals surface area contributed by atoms with E-state index in [-0.39, 0.29) is 5.91 Å². The average molecular weight is 433 g/mol. The number of imidazole rings is 1. The molecule has 3 aromatic rings. The lowest BCUT2D eigenvalue weighted by Gasteiger charge is -2.34. The van der Waals surface area contributed by atoms with Gasteiger partial charge < -0.3 is 9.64 Å². The first kappa shape index (κ1) is 20.4. The number of amides is 1. The number of carbonyl (C=O) groups is 1. The van der Waals surface area contributed by atoms with E-state index in [0.717, 1.165) is 10.3 Å². The van der Waals surface area contributed by atoms with E-state index >= 15 is 0 Å². The molecule has 10 heteroatoms. The standard InChI is InChI=1S/C20H21F2N5O2S/c21-20(22)27-6-5-23-18(27)11-25-7-9-26(10-8-25)19(28)15-1-3-17(4-2-15)29-12-16-13-30-14-24-16/h1-6,13-14,20H,7-12H2. The fourth-order valence-electron chi connectivity index (χ4n) is 3.30. The summed E-state index contributed by atoms with van der Waals surface area (Å²) in [7, 11) is 0. The SMILES string of the molecule is O=C(c1ccc(OCc2cscn2)cc1)N1CCN(Cc2nccn2C(F)F)CC1. The van der Waals surface area contributed by atoms with Crippen molar-refractivity contribution < 1.29 is 18.3 Å². The maximum absolute atomic E-state index is 13.0. The summed E-state index contributed by atoms with van der Waals surface area (Å²) in [6.07, 6.45) is 2.66. The number of hydrogen-bond acceptors (Lipinski definition) is 6. The normalized spacial score (nSPS) is 15.0. The molecule has 0 aliphatic carbocycles. The molecule has 0 spiro atoms. The van der Waals surface area contributed by atoms with Gasteiger partial charge in [-0.05, 0) is 24.3 Å². The molecule has 0 saturated carbocycles. The Hall–Kier alpha value is -2.85. The number of benzene rings is 1. The van der Waals surface area contributed by atoms with Crippen LogP contribution in [0.2, 0.25) is 0 Å². The van der Waals surface area contributed by atoms with Crippen molar-refractivity contribution in [2.75, 3.05) is 26.2 Å². The van der Waals surface area contributed by atoms with Crippen molar-refractivity contribution in [2.45, 2.75) is 19.7 Å². The van der Waals surface area contributed by atoms with E-state index in [2.05, 4.69) is 9.97 Å². The van der Waals surface area contributed by atoms with Crippen molar-refractivity contribution in [3.05, 3.63) is 64.6 Å². The fourth-order valence-corrected chi connectivity index (χ4v) is 3.84. The Kier molecular flexibility index (Phi) is 6.34. The molecule has 1 aliphatic rings. The van der Waals surface area contributed by atoms with Crippen LogP contribution in [0.3, 0.4) is 0 Å². The van der Waals surface area contributed by atoms with Crippen molar-refractivity contribution in [3.63, 3.8) is 0 Å². The maximum atomic E-state index is 13.0. The van der Waals surface area contributed by atoms with Gasteiger partial charge in [-0.1, -0.05) is 0 Å². The third kappa shape index (κ3) is 4.82.